The number of benzene rings is 1. The molecule has 0 amide bonds. The average molecular weight is 280 g/mol. The lowest BCUT2D eigenvalue weighted by Gasteiger charge is -2.05. The molecule has 0 bridgehead atoms. The molecule has 1 N–H and O–H groups in total. The first-order valence-electron chi connectivity index (χ1n) is 5.61. The second-order valence-electron chi connectivity index (χ2n) is 3.82. The molecule has 0 aliphatic heterocycles. The van der Waals surface area contributed by atoms with Crippen LogP contribution >= 0.6 is 0 Å². The topological polar surface area (TPSA) is 93.8 Å². The van der Waals surface area contributed by atoms with Crippen LogP contribution < -0.4 is 5.63 Å². The van der Waals surface area contributed by atoms with E-state index in [9.17, 15) is 23.9 Å². The molecule has 1 heterocycles. The number of aldehydes is 1. The summed E-state index contributed by atoms with van der Waals surface area (Å²) in [5, 5.41) is 9.38. The van der Waals surface area contributed by atoms with E-state index in [0.717, 1.165) is 12.1 Å². The molecule has 0 radical (unpaired) electrons. The molecule has 6 nitrogen and oxygen atoms in total. The van der Waals surface area contributed by atoms with Gasteiger partial charge in [0.2, 0.25) is 0 Å². The number of rotatable bonds is 3. The molecule has 0 atom stereocenters. The Balaban J connectivity index is 2.78. The van der Waals surface area contributed by atoms with Crippen molar-refractivity contribution in [2.75, 3.05) is 6.61 Å². The molecule has 0 unspecified atom stereocenters. The van der Waals surface area contributed by atoms with Crippen molar-refractivity contribution >= 4 is 23.2 Å². The smallest absolute Gasteiger partial charge is 0.351 e. The predicted octanol–water partition coefficient (Wildman–Crippen LogP) is 1.63. The van der Waals surface area contributed by atoms with Gasteiger partial charge in [0, 0.05) is 5.39 Å². The van der Waals surface area contributed by atoms with Crippen LogP contribution in [0.1, 0.15) is 27.6 Å². The summed E-state index contributed by atoms with van der Waals surface area (Å²) in [6.07, 6.45) is 0.160. The molecule has 7 heteroatoms. The summed E-state index contributed by atoms with van der Waals surface area (Å²) in [7, 11) is 0. The summed E-state index contributed by atoms with van der Waals surface area (Å²) in [5.41, 5.74) is -2.24. The predicted molar refractivity (Wildman–Crippen MR) is 65.5 cm³/mol. The zero-order valence-electron chi connectivity index (χ0n) is 10.3. The molecule has 2 rings (SSSR count). The van der Waals surface area contributed by atoms with E-state index < -0.39 is 34.3 Å². The number of phenols is 1. The normalized spacial score (nSPS) is 10.5. The number of hydrogen-bond donors (Lipinski definition) is 1. The third-order valence-electron chi connectivity index (χ3n) is 2.60. The number of halogens is 1. The third kappa shape index (κ3) is 2.13. The van der Waals surface area contributed by atoms with Gasteiger partial charge in [-0.1, -0.05) is 0 Å². The second-order valence-corrected chi connectivity index (χ2v) is 3.82. The standard InChI is InChI=1S/C13H9FO6/c1-2-19-12(17)7-3-6-4-9(14)10(16)8(5-15)11(6)20-13(7)18/h3-5,16H,2H2,1H3. The van der Waals surface area contributed by atoms with E-state index in [1.807, 2.05) is 0 Å². The van der Waals surface area contributed by atoms with Crippen LogP contribution in [0.2, 0.25) is 0 Å². The fourth-order valence-electron chi connectivity index (χ4n) is 1.71. The molecular formula is C13H9FO6. The van der Waals surface area contributed by atoms with Crippen molar-refractivity contribution in [3.8, 4) is 5.75 Å². The van der Waals surface area contributed by atoms with Crippen LogP contribution in [0.15, 0.2) is 21.3 Å². The van der Waals surface area contributed by atoms with Crippen molar-refractivity contribution < 1.29 is 28.2 Å². The van der Waals surface area contributed by atoms with Crippen molar-refractivity contribution in [2.24, 2.45) is 0 Å². The van der Waals surface area contributed by atoms with E-state index in [2.05, 4.69) is 4.74 Å². The molecular weight excluding hydrogens is 271 g/mol. The fraction of sp³-hybridized carbons (Fsp3) is 0.154. The minimum Gasteiger partial charge on any atom is -0.504 e. The highest BCUT2D eigenvalue weighted by atomic mass is 19.1. The van der Waals surface area contributed by atoms with E-state index in [0.29, 0.717) is 0 Å². The van der Waals surface area contributed by atoms with Gasteiger partial charge in [-0.15, -0.1) is 0 Å². The lowest BCUT2D eigenvalue weighted by atomic mass is 10.1. The maximum Gasteiger partial charge on any atom is 0.351 e. The Bertz CT molecular complexity index is 762. The fourth-order valence-corrected chi connectivity index (χ4v) is 1.71. The van der Waals surface area contributed by atoms with Crippen LogP contribution in [0.3, 0.4) is 0 Å². The van der Waals surface area contributed by atoms with Gasteiger partial charge < -0.3 is 14.3 Å². The minimum absolute atomic E-state index is 0.00921. The van der Waals surface area contributed by atoms with Gasteiger partial charge in [-0.3, -0.25) is 4.79 Å². The number of ether oxygens (including phenoxy) is 1. The highest BCUT2D eigenvalue weighted by Gasteiger charge is 2.19. The number of hydrogen-bond acceptors (Lipinski definition) is 6. The van der Waals surface area contributed by atoms with Crippen LogP contribution in [-0.4, -0.2) is 24.0 Å². The van der Waals surface area contributed by atoms with E-state index in [1.165, 1.54) is 0 Å². The van der Waals surface area contributed by atoms with Crippen LogP contribution in [0.25, 0.3) is 11.0 Å². The Labute approximate surface area is 111 Å². The van der Waals surface area contributed by atoms with Gasteiger partial charge >= 0.3 is 11.6 Å². The molecule has 0 saturated carbocycles. The SMILES string of the molecule is CCOC(=O)c1cc2cc(F)c(O)c(C=O)c2oc1=O. The van der Waals surface area contributed by atoms with Crippen molar-refractivity contribution in [1.82, 2.24) is 0 Å². The van der Waals surface area contributed by atoms with Crippen molar-refractivity contribution in [3.05, 3.63) is 39.5 Å². The monoisotopic (exact) mass is 280 g/mol. The highest BCUT2D eigenvalue weighted by molar-refractivity contribution is 6.00. The summed E-state index contributed by atoms with van der Waals surface area (Å²) < 4.78 is 22.9. The van der Waals surface area contributed by atoms with E-state index in [1.54, 1.807) is 6.92 Å². The van der Waals surface area contributed by atoms with Gasteiger partial charge in [-0.05, 0) is 19.1 Å². The quantitative estimate of drug-likeness (QED) is 0.521. The van der Waals surface area contributed by atoms with Crippen LogP contribution in [0.4, 0.5) is 4.39 Å². The van der Waals surface area contributed by atoms with Crippen LogP contribution in [-0.2, 0) is 4.74 Å². The Morgan fingerprint density at radius 3 is 2.80 bits per heavy atom. The Morgan fingerprint density at radius 1 is 1.50 bits per heavy atom. The molecule has 104 valence electrons. The molecule has 0 aliphatic carbocycles. The molecule has 2 aromatic rings. The van der Waals surface area contributed by atoms with Gasteiger partial charge in [0.1, 0.15) is 11.1 Å². The van der Waals surface area contributed by atoms with Gasteiger partial charge in [-0.2, -0.15) is 0 Å². The van der Waals surface area contributed by atoms with Gasteiger partial charge in [0.15, 0.2) is 23.4 Å². The number of carbonyl (C=O) groups excluding carboxylic acids is 2. The van der Waals surface area contributed by atoms with Gasteiger partial charge in [-0.25, -0.2) is 14.0 Å². The van der Waals surface area contributed by atoms with E-state index in [-0.39, 0.29) is 23.9 Å². The first-order valence-corrected chi connectivity index (χ1v) is 5.61. The Kier molecular flexibility index (Phi) is 3.51. The highest BCUT2D eigenvalue weighted by Crippen LogP contribution is 2.28. The zero-order valence-corrected chi connectivity index (χ0v) is 10.3. The maximum absolute atomic E-state index is 13.4. The summed E-state index contributed by atoms with van der Waals surface area (Å²) in [6.45, 7) is 1.61. The first-order chi connectivity index (χ1) is 9.49. The number of fused-ring (bicyclic) bond motifs is 1. The number of phenolic OH excluding ortho intramolecular Hbond substituents is 1. The summed E-state index contributed by atoms with van der Waals surface area (Å²) >= 11 is 0. The first kappa shape index (κ1) is 13.7. The van der Waals surface area contributed by atoms with Crippen LogP contribution in [0.5, 0.6) is 5.75 Å². The molecule has 0 aliphatic rings. The Morgan fingerprint density at radius 2 is 2.20 bits per heavy atom. The summed E-state index contributed by atoms with van der Waals surface area (Å²) in [5.74, 6) is -2.90. The lowest BCUT2D eigenvalue weighted by Crippen LogP contribution is -2.16. The lowest BCUT2D eigenvalue weighted by molar-refractivity contribution is 0.0521. The molecule has 0 saturated heterocycles. The van der Waals surface area contributed by atoms with Gasteiger partial charge in [0.05, 0.1) is 6.61 Å². The van der Waals surface area contributed by atoms with E-state index >= 15 is 0 Å². The zero-order chi connectivity index (χ0) is 14.9. The van der Waals surface area contributed by atoms with Crippen molar-refractivity contribution in [3.63, 3.8) is 0 Å². The van der Waals surface area contributed by atoms with Crippen molar-refractivity contribution in [2.45, 2.75) is 6.92 Å². The molecule has 1 aromatic heterocycles. The molecule has 0 spiro atoms. The number of carbonyl (C=O) groups is 2. The largest absolute Gasteiger partial charge is 0.504 e. The molecule has 20 heavy (non-hydrogen) atoms. The molecule has 0 fully saturated rings. The molecule has 1 aromatic carbocycles. The average Bonchev–Trinajstić information content (AvgIpc) is 2.41. The summed E-state index contributed by atoms with van der Waals surface area (Å²) in [4.78, 5) is 34.0. The second kappa shape index (κ2) is 5.12. The maximum atomic E-state index is 13.4. The number of esters is 1. The van der Waals surface area contributed by atoms with E-state index in [4.69, 9.17) is 4.42 Å². The van der Waals surface area contributed by atoms with Gasteiger partial charge in [0.25, 0.3) is 0 Å². The third-order valence-corrected chi connectivity index (χ3v) is 2.60. The Hall–Kier alpha value is -2.70. The van der Waals surface area contributed by atoms with Crippen molar-refractivity contribution in [1.29, 1.82) is 0 Å². The van der Waals surface area contributed by atoms with Crippen LogP contribution in [0, 0.1) is 5.82 Å². The minimum atomic E-state index is -1.07. The number of aromatic hydroxyl groups is 1. The summed E-state index contributed by atoms with van der Waals surface area (Å²) in [6, 6.07) is 1.90.